The number of nitrogens with zero attached hydrogens (tertiary/aromatic N) is 1. The van der Waals surface area contributed by atoms with Crippen LogP contribution in [0.2, 0.25) is 0 Å². The summed E-state index contributed by atoms with van der Waals surface area (Å²) in [6.07, 6.45) is 1.54. The van der Waals surface area contributed by atoms with E-state index in [1.165, 1.54) is 0 Å². The lowest BCUT2D eigenvalue weighted by molar-refractivity contribution is 0.157. The first-order valence-corrected chi connectivity index (χ1v) is 4.04. The molecule has 0 saturated carbocycles. The summed E-state index contributed by atoms with van der Waals surface area (Å²) in [6.45, 7) is 1.97. The highest BCUT2D eigenvalue weighted by Gasteiger charge is 2.10. The third-order valence-electron chi connectivity index (χ3n) is 1.39. The first-order chi connectivity index (χ1) is 6.22. The highest BCUT2D eigenvalue weighted by atomic mass is 19.1. The molecule has 1 amide bonds. The Morgan fingerprint density at radius 2 is 2.69 bits per heavy atom. The summed E-state index contributed by atoms with van der Waals surface area (Å²) in [5.74, 6) is 0.206. The fourth-order valence-corrected chi connectivity index (χ4v) is 0.884. The molecule has 1 heterocycles. The minimum absolute atomic E-state index is 0.206. The molecular weight excluding hydrogens is 175 g/mol. The second kappa shape index (κ2) is 4.59. The number of ether oxygens (including phenoxy) is 1. The van der Waals surface area contributed by atoms with Crippen LogP contribution in [-0.2, 0) is 4.74 Å². The monoisotopic (exact) mass is 186 g/mol. The van der Waals surface area contributed by atoms with Crippen molar-refractivity contribution in [3.05, 3.63) is 12.2 Å². The van der Waals surface area contributed by atoms with Gasteiger partial charge in [-0.1, -0.05) is 6.08 Å². The topological polar surface area (TPSA) is 50.7 Å². The molecule has 0 aromatic rings. The van der Waals surface area contributed by atoms with Crippen molar-refractivity contribution in [2.24, 2.45) is 4.99 Å². The Morgan fingerprint density at radius 3 is 3.31 bits per heavy atom. The van der Waals surface area contributed by atoms with E-state index in [0.717, 1.165) is 0 Å². The number of hydrogen-bond donors (Lipinski definition) is 1. The predicted molar refractivity (Wildman–Crippen MR) is 46.2 cm³/mol. The SMILES string of the molecule is CCOC(=O)NC1=NC(F)CC=C1. The van der Waals surface area contributed by atoms with Crippen LogP contribution in [0.4, 0.5) is 9.18 Å². The zero-order chi connectivity index (χ0) is 9.68. The summed E-state index contributed by atoms with van der Waals surface area (Å²) in [6, 6.07) is 0. The molecule has 4 nitrogen and oxygen atoms in total. The van der Waals surface area contributed by atoms with Crippen molar-refractivity contribution in [2.75, 3.05) is 6.61 Å². The Labute approximate surface area is 75.5 Å². The van der Waals surface area contributed by atoms with Crippen LogP contribution in [0.25, 0.3) is 0 Å². The van der Waals surface area contributed by atoms with Crippen molar-refractivity contribution >= 4 is 11.9 Å². The van der Waals surface area contributed by atoms with E-state index >= 15 is 0 Å². The minimum atomic E-state index is -1.26. The largest absolute Gasteiger partial charge is 0.450 e. The fourth-order valence-electron chi connectivity index (χ4n) is 0.884. The normalized spacial score (nSPS) is 20.8. The van der Waals surface area contributed by atoms with Crippen molar-refractivity contribution in [3.8, 4) is 0 Å². The van der Waals surface area contributed by atoms with E-state index in [2.05, 4.69) is 15.0 Å². The average molecular weight is 186 g/mol. The molecule has 0 saturated heterocycles. The summed E-state index contributed by atoms with van der Waals surface area (Å²) in [4.78, 5) is 14.4. The number of aliphatic imine (C=N–C) groups is 1. The van der Waals surface area contributed by atoms with Crippen molar-refractivity contribution in [1.29, 1.82) is 0 Å². The molecule has 0 fully saturated rings. The van der Waals surface area contributed by atoms with Crippen molar-refractivity contribution < 1.29 is 13.9 Å². The Bertz CT molecular complexity index is 251. The maximum Gasteiger partial charge on any atom is 0.412 e. The van der Waals surface area contributed by atoms with Crippen molar-refractivity contribution in [1.82, 2.24) is 5.32 Å². The Hall–Kier alpha value is -1.39. The standard InChI is InChI=1S/C8H11FN2O2/c1-2-13-8(12)11-7-5-3-4-6(9)10-7/h3,5-6H,2,4H2,1H3,(H,10,11,12). The number of amides is 1. The van der Waals surface area contributed by atoms with Gasteiger partial charge in [0, 0.05) is 6.42 Å². The van der Waals surface area contributed by atoms with Crippen LogP contribution in [-0.4, -0.2) is 24.8 Å². The molecule has 13 heavy (non-hydrogen) atoms. The van der Waals surface area contributed by atoms with Gasteiger partial charge in [0.05, 0.1) is 6.61 Å². The van der Waals surface area contributed by atoms with Gasteiger partial charge in [-0.2, -0.15) is 0 Å². The van der Waals surface area contributed by atoms with Crippen molar-refractivity contribution in [2.45, 2.75) is 19.6 Å². The molecule has 0 spiro atoms. The van der Waals surface area contributed by atoms with Crippen LogP contribution < -0.4 is 5.32 Å². The van der Waals surface area contributed by atoms with E-state index in [4.69, 9.17) is 0 Å². The predicted octanol–water partition coefficient (Wildman–Crippen LogP) is 1.39. The molecule has 1 rings (SSSR count). The summed E-state index contributed by atoms with van der Waals surface area (Å²) in [5.41, 5.74) is 0. The molecule has 0 bridgehead atoms. The number of alkyl carbamates (subject to hydrolysis) is 1. The molecule has 0 aromatic carbocycles. The zero-order valence-corrected chi connectivity index (χ0v) is 7.29. The van der Waals surface area contributed by atoms with Gasteiger partial charge < -0.3 is 4.74 Å². The second-order valence-corrected chi connectivity index (χ2v) is 2.43. The molecule has 1 unspecified atom stereocenters. The van der Waals surface area contributed by atoms with Gasteiger partial charge in [0.2, 0.25) is 0 Å². The number of rotatable bonds is 1. The van der Waals surface area contributed by atoms with Gasteiger partial charge in [-0.3, -0.25) is 5.32 Å². The molecule has 1 N–H and O–H groups in total. The van der Waals surface area contributed by atoms with Gasteiger partial charge in [0.15, 0.2) is 6.30 Å². The van der Waals surface area contributed by atoms with E-state index < -0.39 is 12.4 Å². The van der Waals surface area contributed by atoms with Crippen LogP contribution in [0.5, 0.6) is 0 Å². The molecule has 0 radical (unpaired) electrons. The van der Waals surface area contributed by atoms with Gasteiger partial charge >= 0.3 is 6.09 Å². The Morgan fingerprint density at radius 1 is 1.92 bits per heavy atom. The first-order valence-electron chi connectivity index (χ1n) is 4.04. The van der Waals surface area contributed by atoms with E-state index in [1.807, 2.05) is 0 Å². The van der Waals surface area contributed by atoms with E-state index in [9.17, 15) is 9.18 Å². The summed E-state index contributed by atoms with van der Waals surface area (Å²) in [5, 5.41) is 2.31. The summed E-state index contributed by atoms with van der Waals surface area (Å²) in [7, 11) is 0. The van der Waals surface area contributed by atoms with E-state index in [0.29, 0.717) is 0 Å². The number of halogens is 1. The summed E-state index contributed by atoms with van der Waals surface area (Å²) >= 11 is 0. The van der Waals surface area contributed by atoms with Crippen LogP contribution in [0.1, 0.15) is 13.3 Å². The smallest absolute Gasteiger partial charge is 0.412 e. The molecule has 5 heteroatoms. The van der Waals surface area contributed by atoms with Crippen LogP contribution in [0.3, 0.4) is 0 Å². The number of carbonyl (C=O) groups is 1. The van der Waals surface area contributed by atoms with Gasteiger partial charge in [0.1, 0.15) is 5.84 Å². The molecular formula is C8H11FN2O2. The van der Waals surface area contributed by atoms with Crippen molar-refractivity contribution in [3.63, 3.8) is 0 Å². The maximum atomic E-state index is 12.6. The number of nitrogens with one attached hydrogen (secondary N) is 1. The molecule has 0 aliphatic carbocycles. The molecule has 1 aliphatic heterocycles. The first kappa shape index (κ1) is 9.70. The number of dihydropyridines is 1. The number of hydrogen-bond acceptors (Lipinski definition) is 3. The maximum absolute atomic E-state index is 12.6. The molecule has 0 aromatic heterocycles. The van der Waals surface area contributed by atoms with Crippen LogP contribution in [0.15, 0.2) is 17.1 Å². The van der Waals surface area contributed by atoms with Gasteiger partial charge in [-0.05, 0) is 13.0 Å². The molecule has 1 atom stereocenters. The van der Waals surface area contributed by atoms with E-state index in [-0.39, 0.29) is 18.9 Å². The highest BCUT2D eigenvalue weighted by Crippen LogP contribution is 2.06. The average Bonchev–Trinajstić information content (AvgIpc) is 2.04. The molecule has 72 valence electrons. The third-order valence-corrected chi connectivity index (χ3v) is 1.39. The minimum Gasteiger partial charge on any atom is -0.450 e. The summed E-state index contributed by atoms with van der Waals surface area (Å²) < 4.78 is 17.2. The lowest BCUT2D eigenvalue weighted by atomic mass is 10.3. The highest BCUT2D eigenvalue weighted by molar-refractivity contribution is 6.02. The lowest BCUT2D eigenvalue weighted by Crippen LogP contribution is -2.31. The zero-order valence-electron chi connectivity index (χ0n) is 7.29. The Balaban J connectivity index is 2.44. The second-order valence-electron chi connectivity index (χ2n) is 2.43. The third kappa shape index (κ3) is 3.23. The molecule has 1 aliphatic rings. The quantitative estimate of drug-likeness (QED) is 0.629. The number of alkyl halides is 1. The van der Waals surface area contributed by atoms with E-state index in [1.54, 1.807) is 19.1 Å². The van der Waals surface area contributed by atoms with Crippen LogP contribution >= 0.6 is 0 Å². The van der Waals surface area contributed by atoms with Gasteiger partial charge in [-0.15, -0.1) is 0 Å². The van der Waals surface area contributed by atoms with Gasteiger partial charge in [-0.25, -0.2) is 14.2 Å². The number of carbonyl (C=O) groups excluding carboxylic acids is 1. The Kier molecular flexibility index (Phi) is 3.42. The number of amidine groups is 1. The van der Waals surface area contributed by atoms with Gasteiger partial charge in [0.25, 0.3) is 0 Å². The van der Waals surface area contributed by atoms with Crippen LogP contribution in [0, 0.1) is 0 Å². The lowest BCUT2D eigenvalue weighted by Gasteiger charge is -2.09. The fraction of sp³-hybridized carbons (Fsp3) is 0.500.